The van der Waals surface area contributed by atoms with Crippen molar-refractivity contribution in [1.82, 2.24) is 10.2 Å². The Bertz CT molecular complexity index is 276. The molecule has 0 saturated carbocycles. The van der Waals surface area contributed by atoms with Gasteiger partial charge < -0.3 is 15.3 Å². The number of hydrogen-bond donors (Lipinski definition) is 2. The van der Waals surface area contributed by atoms with Gasteiger partial charge in [-0.25, -0.2) is 4.79 Å². The van der Waals surface area contributed by atoms with E-state index in [1.54, 1.807) is 14.0 Å². The number of carboxylic acid groups (broad SMARTS) is 1. The highest BCUT2D eigenvalue weighted by atomic mass is 16.4. The van der Waals surface area contributed by atoms with Gasteiger partial charge in [-0.05, 0) is 13.3 Å². The van der Waals surface area contributed by atoms with E-state index in [1.807, 2.05) is 6.92 Å². The average Bonchev–Trinajstić information content (AvgIpc) is 2.15. The van der Waals surface area contributed by atoms with Crippen molar-refractivity contribution >= 4 is 12.0 Å². The maximum Gasteiger partial charge on any atom is 0.317 e. The van der Waals surface area contributed by atoms with Crippen LogP contribution < -0.4 is 5.32 Å². The summed E-state index contributed by atoms with van der Waals surface area (Å²) in [5, 5.41) is 11.3. The normalized spacial score (nSPS) is 11.7. The van der Waals surface area contributed by atoms with Crippen LogP contribution in [-0.4, -0.2) is 42.1 Å². The topological polar surface area (TPSA) is 69.6 Å². The molecule has 0 aromatic carbocycles. The first-order chi connectivity index (χ1) is 7.34. The zero-order valence-corrected chi connectivity index (χ0v) is 10.1. The Labute approximate surface area is 96.1 Å². The minimum absolute atomic E-state index is 0.208. The van der Waals surface area contributed by atoms with Crippen LogP contribution in [0, 0.1) is 5.92 Å². The minimum Gasteiger partial charge on any atom is -0.481 e. The van der Waals surface area contributed by atoms with Crippen LogP contribution in [0.2, 0.25) is 0 Å². The van der Waals surface area contributed by atoms with Gasteiger partial charge in [0.15, 0.2) is 0 Å². The fourth-order valence-corrected chi connectivity index (χ4v) is 1.13. The first-order valence-corrected chi connectivity index (χ1v) is 5.20. The zero-order valence-electron chi connectivity index (χ0n) is 10.1. The molecule has 0 fully saturated rings. The van der Waals surface area contributed by atoms with Crippen molar-refractivity contribution in [3.8, 4) is 0 Å². The molecule has 2 amide bonds. The Hall–Kier alpha value is -1.52. The van der Waals surface area contributed by atoms with Crippen molar-refractivity contribution in [3.63, 3.8) is 0 Å². The maximum atomic E-state index is 11.5. The van der Waals surface area contributed by atoms with E-state index in [0.717, 1.165) is 5.57 Å². The predicted molar refractivity (Wildman–Crippen MR) is 62.3 cm³/mol. The van der Waals surface area contributed by atoms with Crippen LogP contribution in [0.4, 0.5) is 4.79 Å². The fraction of sp³-hybridized carbons (Fsp3) is 0.636. The first-order valence-electron chi connectivity index (χ1n) is 5.20. The van der Waals surface area contributed by atoms with Gasteiger partial charge >= 0.3 is 12.0 Å². The van der Waals surface area contributed by atoms with Gasteiger partial charge in [-0.1, -0.05) is 19.1 Å². The second-order valence-electron chi connectivity index (χ2n) is 4.07. The summed E-state index contributed by atoms with van der Waals surface area (Å²) in [4.78, 5) is 23.5. The minimum atomic E-state index is -0.843. The molecule has 1 atom stereocenters. The lowest BCUT2D eigenvalue weighted by Gasteiger charge is -2.18. The molecule has 0 aliphatic heterocycles. The molecule has 0 aliphatic rings. The summed E-state index contributed by atoms with van der Waals surface area (Å²) < 4.78 is 0. The molecule has 0 rings (SSSR count). The lowest BCUT2D eigenvalue weighted by Crippen LogP contribution is -2.39. The molecule has 0 spiro atoms. The first kappa shape index (κ1) is 14.5. The van der Waals surface area contributed by atoms with Gasteiger partial charge in [-0.15, -0.1) is 0 Å². The smallest absolute Gasteiger partial charge is 0.317 e. The van der Waals surface area contributed by atoms with Crippen LogP contribution in [-0.2, 0) is 4.79 Å². The highest BCUT2D eigenvalue weighted by Crippen LogP contribution is 2.00. The summed E-state index contributed by atoms with van der Waals surface area (Å²) in [7, 11) is 1.67. The summed E-state index contributed by atoms with van der Waals surface area (Å²) in [6.45, 7) is 8.04. The van der Waals surface area contributed by atoms with E-state index in [9.17, 15) is 9.59 Å². The van der Waals surface area contributed by atoms with Crippen LogP contribution >= 0.6 is 0 Å². The third-order valence-electron chi connectivity index (χ3n) is 2.13. The van der Waals surface area contributed by atoms with Crippen LogP contribution in [0.5, 0.6) is 0 Å². The molecule has 92 valence electrons. The molecule has 0 bridgehead atoms. The van der Waals surface area contributed by atoms with E-state index in [1.165, 1.54) is 4.90 Å². The van der Waals surface area contributed by atoms with Gasteiger partial charge in [0.05, 0.1) is 5.92 Å². The molecule has 0 heterocycles. The number of nitrogens with one attached hydrogen (secondary N) is 1. The number of carbonyl (C=O) groups is 2. The summed E-state index contributed by atoms with van der Waals surface area (Å²) in [6, 6.07) is -0.208. The third-order valence-corrected chi connectivity index (χ3v) is 2.13. The molecule has 5 heteroatoms. The molecular weight excluding hydrogens is 208 g/mol. The van der Waals surface area contributed by atoms with E-state index >= 15 is 0 Å². The molecule has 0 aromatic rings. The summed E-state index contributed by atoms with van der Waals surface area (Å²) in [6.07, 6.45) is 0.433. The van der Waals surface area contributed by atoms with Gasteiger partial charge in [0.25, 0.3) is 0 Å². The number of rotatable bonds is 6. The lowest BCUT2D eigenvalue weighted by atomic mass is 10.1. The van der Waals surface area contributed by atoms with E-state index in [0.29, 0.717) is 19.5 Å². The number of likely N-dealkylation sites (N-methyl/N-ethyl adjacent to an activating group) is 1. The lowest BCUT2D eigenvalue weighted by molar-refractivity contribution is -0.141. The molecule has 5 nitrogen and oxygen atoms in total. The van der Waals surface area contributed by atoms with Gasteiger partial charge in [0.2, 0.25) is 0 Å². The third kappa shape index (κ3) is 6.06. The van der Waals surface area contributed by atoms with Crippen LogP contribution in [0.1, 0.15) is 20.3 Å². The van der Waals surface area contributed by atoms with Crippen molar-refractivity contribution in [2.75, 3.05) is 20.1 Å². The Morgan fingerprint density at radius 2 is 2.06 bits per heavy atom. The predicted octanol–water partition coefficient (Wildman–Crippen LogP) is 1.31. The quantitative estimate of drug-likeness (QED) is 0.673. The summed E-state index contributed by atoms with van der Waals surface area (Å²) in [5.41, 5.74) is 0.900. The molecule has 0 aliphatic carbocycles. The molecule has 0 saturated heterocycles. The number of nitrogens with zero attached hydrogens (tertiary/aromatic N) is 1. The monoisotopic (exact) mass is 228 g/mol. The van der Waals surface area contributed by atoms with Gasteiger partial charge in [-0.3, -0.25) is 4.79 Å². The molecule has 2 N–H and O–H groups in total. The second-order valence-corrected chi connectivity index (χ2v) is 4.07. The second kappa shape index (κ2) is 6.87. The summed E-state index contributed by atoms with van der Waals surface area (Å²) in [5.74, 6) is -1.28. The standard InChI is InChI=1S/C11H20N2O3/c1-8(2)7-13(4)11(16)12-6-5-9(3)10(14)15/h9H,1,5-7H2,2-4H3,(H,12,16)(H,14,15). The van der Waals surface area contributed by atoms with Crippen molar-refractivity contribution in [2.24, 2.45) is 5.92 Å². The fourth-order valence-electron chi connectivity index (χ4n) is 1.13. The highest BCUT2D eigenvalue weighted by molar-refractivity contribution is 5.74. The molecule has 0 radical (unpaired) electrons. The maximum absolute atomic E-state index is 11.5. The Morgan fingerprint density at radius 3 is 2.50 bits per heavy atom. The Kier molecular flexibility index (Phi) is 6.22. The van der Waals surface area contributed by atoms with Crippen LogP contribution in [0.15, 0.2) is 12.2 Å². The SMILES string of the molecule is C=C(C)CN(C)C(=O)NCCC(C)C(=O)O. The van der Waals surface area contributed by atoms with E-state index in [2.05, 4.69) is 11.9 Å². The van der Waals surface area contributed by atoms with E-state index < -0.39 is 11.9 Å². The van der Waals surface area contributed by atoms with Crippen molar-refractivity contribution in [3.05, 3.63) is 12.2 Å². The largest absolute Gasteiger partial charge is 0.481 e. The zero-order chi connectivity index (χ0) is 12.7. The number of carbonyl (C=O) groups excluding carboxylic acids is 1. The number of carboxylic acids is 1. The Balaban J connectivity index is 3.81. The number of amides is 2. The average molecular weight is 228 g/mol. The molecule has 16 heavy (non-hydrogen) atoms. The molecule has 0 aromatic heterocycles. The van der Waals surface area contributed by atoms with Crippen molar-refractivity contribution in [2.45, 2.75) is 20.3 Å². The van der Waals surface area contributed by atoms with Crippen LogP contribution in [0.3, 0.4) is 0 Å². The van der Waals surface area contributed by atoms with Gasteiger partial charge in [-0.2, -0.15) is 0 Å². The van der Waals surface area contributed by atoms with Gasteiger partial charge in [0, 0.05) is 20.1 Å². The van der Waals surface area contributed by atoms with E-state index in [-0.39, 0.29) is 6.03 Å². The number of hydrogen-bond acceptors (Lipinski definition) is 2. The summed E-state index contributed by atoms with van der Waals surface area (Å²) >= 11 is 0. The number of urea groups is 1. The highest BCUT2D eigenvalue weighted by Gasteiger charge is 2.12. The van der Waals surface area contributed by atoms with Crippen molar-refractivity contribution < 1.29 is 14.7 Å². The van der Waals surface area contributed by atoms with E-state index in [4.69, 9.17) is 5.11 Å². The number of aliphatic carboxylic acids is 1. The van der Waals surface area contributed by atoms with Gasteiger partial charge in [0.1, 0.15) is 0 Å². The Morgan fingerprint density at radius 1 is 1.50 bits per heavy atom. The molecular formula is C11H20N2O3. The molecule has 1 unspecified atom stereocenters. The van der Waals surface area contributed by atoms with Crippen molar-refractivity contribution in [1.29, 1.82) is 0 Å². The van der Waals surface area contributed by atoms with Crippen LogP contribution in [0.25, 0.3) is 0 Å².